The zero-order valence-corrected chi connectivity index (χ0v) is 16.3. The lowest BCUT2D eigenvalue weighted by Crippen LogP contribution is -2.28. The van der Waals surface area contributed by atoms with Gasteiger partial charge in [-0.15, -0.1) is 0 Å². The summed E-state index contributed by atoms with van der Waals surface area (Å²) in [6.07, 6.45) is 0. The van der Waals surface area contributed by atoms with Crippen molar-refractivity contribution in [2.24, 2.45) is 0 Å². The van der Waals surface area contributed by atoms with Crippen LogP contribution in [0.4, 0.5) is 5.69 Å². The number of aryl methyl sites for hydroxylation is 2. The summed E-state index contributed by atoms with van der Waals surface area (Å²) >= 11 is 0. The van der Waals surface area contributed by atoms with Crippen LogP contribution in [0.25, 0.3) is 0 Å². The normalized spacial score (nSPS) is 11.5. The summed E-state index contributed by atoms with van der Waals surface area (Å²) in [4.78, 5) is 25.5. The number of hydrogen-bond acceptors (Lipinski definition) is 2. The maximum absolute atomic E-state index is 12.8. The Morgan fingerprint density at radius 1 is 0.786 bits per heavy atom. The minimum Gasteiger partial charge on any atom is -0.345 e. The Morgan fingerprint density at radius 2 is 1.46 bits per heavy atom. The van der Waals surface area contributed by atoms with Gasteiger partial charge >= 0.3 is 0 Å². The summed E-state index contributed by atoms with van der Waals surface area (Å²) in [5.74, 6) is -0.466. The van der Waals surface area contributed by atoms with Crippen molar-refractivity contribution >= 4 is 17.5 Å². The zero-order chi connectivity index (χ0) is 20.1. The molecule has 0 saturated heterocycles. The van der Waals surface area contributed by atoms with Gasteiger partial charge in [-0.3, -0.25) is 9.59 Å². The van der Waals surface area contributed by atoms with Crippen molar-refractivity contribution < 1.29 is 9.59 Å². The highest BCUT2D eigenvalue weighted by Crippen LogP contribution is 2.19. The molecule has 142 valence electrons. The molecule has 1 atom stereocenters. The quantitative estimate of drug-likeness (QED) is 0.659. The molecule has 3 aromatic carbocycles. The molecule has 0 heterocycles. The third-order valence-electron chi connectivity index (χ3n) is 4.84. The Balaban J connectivity index is 1.77. The molecule has 0 fully saturated rings. The first-order chi connectivity index (χ1) is 13.5. The third kappa shape index (κ3) is 4.46. The fraction of sp³-hybridized carbons (Fsp3) is 0.167. The summed E-state index contributed by atoms with van der Waals surface area (Å²) in [5, 5.41) is 5.86. The van der Waals surface area contributed by atoms with Gasteiger partial charge < -0.3 is 10.6 Å². The van der Waals surface area contributed by atoms with Crippen LogP contribution in [0.15, 0.2) is 72.8 Å². The molecule has 0 saturated carbocycles. The molecule has 4 nitrogen and oxygen atoms in total. The van der Waals surface area contributed by atoms with Crippen LogP contribution in [0.3, 0.4) is 0 Å². The number of amides is 2. The van der Waals surface area contributed by atoms with Gasteiger partial charge in [-0.1, -0.05) is 48.5 Å². The average Bonchev–Trinajstić information content (AvgIpc) is 2.71. The Bertz CT molecular complexity index is 996. The largest absolute Gasteiger partial charge is 0.345 e. The maximum Gasteiger partial charge on any atom is 0.255 e. The monoisotopic (exact) mass is 372 g/mol. The first-order valence-electron chi connectivity index (χ1n) is 9.29. The molecule has 0 spiro atoms. The van der Waals surface area contributed by atoms with E-state index in [0.717, 1.165) is 16.7 Å². The van der Waals surface area contributed by atoms with Gasteiger partial charge in [-0.25, -0.2) is 0 Å². The van der Waals surface area contributed by atoms with E-state index >= 15 is 0 Å². The van der Waals surface area contributed by atoms with Crippen LogP contribution >= 0.6 is 0 Å². The number of benzene rings is 3. The predicted octanol–water partition coefficient (Wildman–Crippen LogP) is 5.05. The maximum atomic E-state index is 12.8. The molecule has 0 aliphatic rings. The molecule has 0 radical (unpaired) electrons. The summed E-state index contributed by atoms with van der Waals surface area (Å²) in [7, 11) is 0. The molecular weight excluding hydrogens is 348 g/mol. The Kier molecular flexibility index (Phi) is 5.90. The van der Waals surface area contributed by atoms with E-state index in [-0.39, 0.29) is 17.9 Å². The fourth-order valence-electron chi connectivity index (χ4n) is 2.97. The topological polar surface area (TPSA) is 58.2 Å². The minimum absolute atomic E-state index is 0.141. The van der Waals surface area contributed by atoms with Crippen molar-refractivity contribution in [1.82, 2.24) is 5.32 Å². The lowest BCUT2D eigenvalue weighted by atomic mass is 10.1. The van der Waals surface area contributed by atoms with E-state index in [9.17, 15) is 9.59 Å². The Hall–Kier alpha value is -3.40. The van der Waals surface area contributed by atoms with E-state index < -0.39 is 0 Å². The van der Waals surface area contributed by atoms with Gasteiger partial charge in [0.25, 0.3) is 11.8 Å². The number of para-hydroxylation sites is 1. The first kappa shape index (κ1) is 19.4. The average molecular weight is 372 g/mol. The van der Waals surface area contributed by atoms with Crippen LogP contribution in [-0.2, 0) is 0 Å². The van der Waals surface area contributed by atoms with E-state index in [4.69, 9.17) is 0 Å². The predicted molar refractivity (Wildman–Crippen MR) is 113 cm³/mol. The van der Waals surface area contributed by atoms with Gasteiger partial charge in [0.05, 0.1) is 17.3 Å². The molecule has 0 unspecified atom stereocenters. The highest BCUT2D eigenvalue weighted by molar-refractivity contribution is 6.09. The van der Waals surface area contributed by atoms with Gasteiger partial charge in [-0.05, 0) is 61.7 Å². The van der Waals surface area contributed by atoms with Crippen molar-refractivity contribution in [3.63, 3.8) is 0 Å². The molecule has 3 aromatic rings. The van der Waals surface area contributed by atoms with E-state index in [1.54, 1.807) is 30.3 Å². The van der Waals surface area contributed by atoms with E-state index in [1.165, 1.54) is 0 Å². The molecule has 0 aliphatic carbocycles. The van der Waals surface area contributed by atoms with Crippen molar-refractivity contribution in [2.75, 3.05) is 5.32 Å². The zero-order valence-electron chi connectivity index (χ0n) is 16.3. The molecular formula is C24H24N2O2. The number of carbonyl (C=O) groups excluding carboxylic acids is 2. The second kappa shape index (κ2) is 8.53. The number of rotatable bonds is 5. The Labute approximate surface area is 165 Å². The fourth-order valence-corrected chi connectivity index (χ4v) is 2.97. The standard InChI is InChI=1S/C24H24N2O2/c1-16-13-14-20(15-17(16)2)23(27)26-22-12-8-7-11-21(22)24(28)25-18(3)19-9-5-4-6-10-19/h4-15,18H,1-3H3,(H,25,28)(H,26,27)/t18-/m0/s1. The number of hydrogen-bond donors (Lipinski definition) is 2. The highest BCUT2D eigenvalue weighted by atomic mass is 16.2. The van der Waals surface area contributed by atoms with Gasteiger partial charge in [0.15, 0.2) is 0 Å². The molecule has 4 heteroatoms. The van der Waals surface area contributed by atoms with Crippen molar-refractivity contribution in [1.29, 1.82) is 0 Å². The summed E-state index contributed by atoms with van der Waals surface area (Å²) in [6, 6.07) is 22.2. The third-order valence-corrected chi connectivity index (χ3v) is 4.84. The second-order valence-electron chi connectivity index (χ2n) is 6.90. The number of carbonyl (C=O) groups is 2. The van der Waals surface area contributed by atoms with Gasteiger partial charge in [0.2, 0.25) is 0 Å². The molecule has 0 aliphatic heterocycles. The number of nitrogens with one attached hydrogen (secondary N) is 2. The lowest BCUT2D eigenvalue weighted by Gasteiger charge is -2.16. The van der Waals surface area contributed by atoms with E-state index in [1.807, 2.05) is 63.2 Å². The summed E-state index contributed by atoms with van der Waals surface area (Å²) in [6.45, 7) is 5.91. The molecule has 0 aromatic heterocycles. The van der Waals surface area contributed by atoms with Crippen LogP contribution in [0.5, 0.6) is 0 Å². The van der Waals surface area contributed by atoms with Crippen molar-refractivity contribution in [2.45, 2.75) is 26.8 Å². The minimum atomic E-state index is -0.237. The molecule has 2 N–H and O–H groups in total. The smallest absolute Gasteiger partial charge is 0.255 e. The van der Waals surface area contributed by atoms with Gasteiger partial charge in [0.1, 0.15) is 0 Å². The van der Waals surface area contributed by atoms with Crippen LogP contribution in [0, 0.1) is 13.8 Å². The van der Waals surface area contributed by atoms with Crippen molar-refractivity contribution in [3.8, 4) is 0 Å². The summed E-state index contributed by atoms with van der Waals surface area (Å²) < 4.78 is 0. The van der Waals surface area contributed by atoms with E-state index in [2.05, 4.69) is 10.6 Å². The van der Waals surface area contributed by atoms with Gasteiger partial charge in [-0.2, -0.15) is 0 Å². The van der Waals surface area contributed by atoms with Crippen LogP contribution in [-0.4, -0.2) is 11.8 Å². The van der Waals surface area contributed by atoms with Crippen LogP contribution < -0.4 is 10.6 Å². The SMILES string of the molecule is Cc1ccc(C(=O)Nc2ccccc2C(=O)N[C@@H](C)c2ccccc2)cc1C. The number of anilines is 1. The molecule has 0 bridgehead atoms. The molecule has 2 amide bonds. The molecule has 3 rings (SSSR count). The lowest BCUT2D eigenvalue weighted by molar-refractivity contribution is 0.0941. The first-order valence-corrected chi connectivity index (χ1v) is 9.29. The Morgan fingerprint density at radius 3 is 2.18 bits per heavy atom. The van der Waals surface area contributed by atoms with Crippen LogP contribution in [0.2, 0.25) is 0 Å². The highest BCUT2D eigenvalue weighted by Gasteiger charge is 2.16. The van der Waals surface area contributed by atoms with Gasteiger partial charge in [0, 0.05) is 5.56 Å². The van der Waals surface area contributed by atoms with E-state index in [0.29, 0.717) is 16.8 Å². The van der Waals surface area contributed by atoms with Crippen molar-refractivity contribution in [3.05, 3.63) is 101 Å². The molecule has 28 heavy (non-hydrogen) atoms. The second-order valence-corrected chi connectivity index (χ2v) is 6.90. The summed E-state index contributed by atoms with van der Waals surface area (Å²) in [5.41, 5.74) is 4.69. The van der Waals surface area contributed by atoms with Crippen LogP contribution in [0.1, 0.15) is 50.4 Å².